The van der Waals surface area contributed by atoms with Gasteiger partial charge in [0.15, 0.2) is 0 Å². The van der Waals surface area contributed by atoms with Crippen molar-refractivity contribution in [3.05, 3.63) is 65.7 Å². The average molecular weight is 335 g/mol. The Labute approximate surface area is 144 Å². The molecule has 0 spiro atoms. The second-order valence-corrected chi connectivity index (χ2v) is 5.53. The van der Waals surface area contributed by atoms with Crippen LogP contribution in [0.25, 0.3) is 10.8 Å². The number of phenols is 1. The number of benzene rings is 3. The van der Waals surface area contributed by atoms with Crippen LogP contribution in [0.4, 0.5) is 5.69 Å². The lowest BCUT2D eigenvalue weighted by molar-refractivity contribution is 0.102. The quantitative estimate of drug-likeness (QED) is 0.434. The van der Waals surface area contributed by atoms with Gasteiger partial charge in [-0.2, -0.15) is 0 Å². The largest absolute Gasteiger partial charge is 0.507 e. The summed E-state index contributed by atoms with van der Waals surface area (Å²) in [6, 6.07) is 15.1. The number of hydrogen-bond acceptors (Lipinski definition) is 4. The highest BCUT2D eigenvalue weighted by Gasteiger charge is 2.13. The molecular formula is C19H17N3O3. The first-order valence-corrected chi connectivity index (χ1v) is 7.54. The monoisotopic (exact) mass is 335 g/mol. The standard InChI is InChI=1S/C19H17N3O3/c1-25-15-7-4-12-10-17(23)16(9-13(12)8-15)19(24)22-14-5-2-11(3-6-14)18(20)21/h2-10,23H,1H3,(H3,20,21)(H,22,24). The number of nitrogen functional groups attached to an aromatic ring is 1. The van der Waals surface area contributed by atoms with E-state index in [4.69, 9.17) is 15.9 Å². The molecular weight excluding hydrogens is 318 g/mol. The number of fused-ring (bicyclic) bond motifs is 1. The molecule has 0 saturated heterocycles. The Morgan fingerprint density at radius 3 is 2.44 bits per heavy atom. The van der Waals surface area contributed by atoms with Crippen LogP contribution in [0.5, 0.6) is 11.5 Å². The van der Waals surface area contributed by atoms with Gasteiger partial charge in [-0.1, -0.05) is 6.07 Å². The SMILES string of the molecule is COc1ccc2cc(O)c(C(=O)Nc3ccc(C(=N)N)cc3)cc2c1. The van der Waals surface area contributed by atoms with E-state index in [-0.39, 0.29) is 17.1 Å². The fraction of sp³-hybridized carbons (Fsp3) is 0.0526. The van der Waals surface area contributed by atoms with Crippen LogP contribution >= 0.6 is 0 Å². The van der Waals surface area contributed by atoms with Crippen molar-refractivity contribution < 1.29 is 14.6 Å². The minimum absolute atomic E-state index is 0.0426. The van der Waals surface area contributed by atoms with Crippen LogP contribution in [0.2, 0.25) is 0 Å². The van der Waals surface area contributed by atoms with Crippen molar-refractivity contribution in [3.63, 3.8) is 0 Å². The van der Waals surface area contributed by atoms with E-state index >= 15 is 0 Å². The third-order valence-electron chi connectivity index (χ3n) is 3.86. The van der Waals surface area contributed by atoms with E-state index in [0.29, 0.717) is 17.0 Å². The van der Waals surface area contributed by atoms with Gasteiger partial charge in [0.05, 0.1) is 12.7 Å². The number of ether oxygens (including phenoxy) is 1. The molecule has 0 radical (unpaired) electrons. The van der Waals surface area contributed by atoms with Crippen molar-refractivity contribution in [3.8, 4) is 11.5 Å². The van der Waals surface area contributed by atoms with Crippen LogP contribution in [-0.4, -0.2) is 24.0 Å². The number of nitrogens with one attached hydrogen (secondary N) is 2. The van der Waals surface area contributed by atoms with Gasteiger partial charge in [0.25, 0.3) is 5.91 Å². The van der Waals surface area contributed by atoms with Crippen molar-refractivity contribution in [2.75, 3.05) is 12.4 Å². The topological polar surface area (TPSA) is 108 Å². The molecule has 0 heterocycles. The van der Waals surface area contributed by atoms with E-state index in [2.05, 4.69) is 5.32 Å². The van der Waals surface area contributed by atoms with E-state index in [1.807, 2.05) is 6.07 Å². The predicted octanol–water partition coefficient (Wildman–Crippen LogP) is 3.09. The summed E-state index contributed by atoms with van der Waals surface area (Å²) in [5, 5.41) is 21.8. The molecule has 0 aliphatic rings. The number of anilines is 1. The molecule has 25 heavy (non-hydrogen) atoms. The summed E-state index contributed by atoms with van der Waals surface area (Å²) in [4.78, 5) is 12.5. The summed E-state index contributed by atoms with van der Waals surface area (Å²) in [6.07, 6.45) is 0. The van der Waals surface area contributed by atoms with Crippen molar-refractivity contribution in [1.29, 1.82) is 5.41 Å². The second-order valence-electron chi connectivity index (χ2n) is 5.53. The number of hydrogen-bond donors (Lipinski definition) is 4. The highest BCUT2D eigenvalue weighted by Crippen LogP contribution is 2.28. The number of carbonyl (C=O) groups excluding carboxylic acids is 1. The van der Waals surface area contributed by atoms with Gasteiger partial charge in [0.1, 0.15) is 17.3 Å². The number of methoxy groups -OCH3 is 1. The van der Waals surface area contributed by atoms with Gasteiger partial charge in [-0.25, -0.2) is 0 Å². The molecule has 0 fully saturated rings. The minimum atomic E-state index is -0.433. The van der Waals surface area contributed by atoms with Gasteiger partial charge in [0, 0.05) is 11.3 Å². The van der Waals surface area contributed by atoms with Gasteiger partial charge in [-0.05, 0) is 59.3 Å². The van der Waals surface area contributed by atoms with Crippen LogP contribution < -0.4 is 15.8 Å². The maximum atomic E-state index is 12.5. The Balaban J connectivity index is 1.90. The van der Waals surface area contributed by atoms with Crippen molar-refractivity contribution in [2.45, 2.75) is 0 Å². The molecule has 126 valence electrons. The zero-order chi connectivity index (χ0) is 18.0. The smallest absolute Gasteiger partial charge is 0.259 e. The van der Waals surface area contributed by atoms with Gasteiger partial charge in [0.2, 0.25) is 0 Å². The lowest BCUT2D eigenvalue weighted by atomic mass is 10.0. The Hall–Kier alpha value is -3.54. The highest BCUT2D eigenvalue weighted by atomic mass is 16.5. The van der Waals surface area contributed by atoms with Crippen LogP contribution in [0.1, 0.15) is 15.9 Å². The number of phenolic OH excluding ortho intramolecular Hbond substituents is 1. The van der Waals surface area contributed by atoms with Crippen molar-refractivity contribution in [2.24, 2.45) is 5.73 Å². The third-order valence-corrected chi connectivity index (χ3v) is 3.86. The number of nitrogens with two attached hydrogens (primary N) is 1. The molecule has 3 aromatic rings. The molecule has 0 bridgehead atoms. The summed E-state index contributed by atoms with van der Waals surface area (Å²) < 4.78 is 5.19. The fourth-order valence-electron chi connectivity index (χ4n) is 2.50. The van der Waals surface area contributed by atoms with E-state index in [0.717, 1.165) is 10.8 Å². The Bertz CT molecular complexity index is 966. The summed E-state index contributed by atoms with van der Waals surface area (Å²) in [5.41, 5.74) is 6.68. The lowest BCUT2D eigenvalue weighted by Gasteiger charge is -2.10. The second kappa shape index (κ2) is 6.52. The number of carbonyl (C=O) groups is 1. The zero-order valence-corrected chi connectivity index (χ0v) is 13.5. The predicted molar refractivity (Wildman–Crippen MR) is 97.6 cm³/mol. The molecule has 5 N–H and O–H groups in total. The van der Waals surface area contributed by atoms with E-state index < -0.39 is 5.91 Å². The van der Waals surface area contributed by atoms with Crippen LogP contribution in [0.3, 0.4) is 0 Å². The lowest BCUT2D eigenvalue weighted by Crippen LogP contribution is -2.13. The van der Waals surface area contributed by atoms with Crippen LogP contribution in [0, 0.1) is 5.41 Å². The molecule has 3 aromatic carbocycles. The van der Waals surface area contributed by atoms with E-state index in [9.17, 15) is 9.90 Å². The molecule has 3 rings (SSSR count). The van der Waals surface area contributed by atoms with Crippen LogP contribution in [0.15, 0.2) is 54.6 Å². The fourth-order valence-corrected chi connectivity index (χ4v) is 2.50. The van der Waals surface area contributed by atoms with Gasteiger partial charge < -0.3 is 20.9 Å². The van der Waals surface area contributed by atoms with Gasteiger partial charge in [-0.15, -0.1) is 0 Å². The van der Waals surface area contributed by atoms with Gasteiger partial charge >= 0.3 is 0 Å². The first-order chi connectivity index (χ1) is 12.0. The summed E-state index contributed by atoms with van der Waals surface area (Å²) in [6.45, 7) is 0. The number of amidine groups is 1. The van der Waals surface area contributed by atoms with Crippen molar-refractivity contribution in [1.82, 2.24) is 0 Å². The minimum Gasteiger partial charge on any atom is -0.507 e. The molecule has 6 heteroatoms. The Morgan fingerprint density at radius 1 is 1.08 bits per heavy atom. The molecule has 0 saturated carbocycles. The Kier molecular flexibility index (Phi) is 4.26. The van der Waals surface area contributed by atoms with Crippen LogP contribution in [-0.2, 0) is 0 Å². The molecule has 0 atom stereocenters. The molecule has 1 amide bonds. The molecule has 0 aliphatic heterocycles. The highest BCUT2D eigenvalue weighted by molar-refractivity contribution is 6.09. The first-order valence-electron chi connectivity index (χ1n) is 7.54. The van der Waals surface area contributed by atoms with Gasteiger partial charge in [-0.3, -0.25) is 10.2 Å². The maximum absolute atomic E-state index is 12.5. The molecule has 0 unspecified atom stereocenters. The van der Waals surface area contributed by atoms with E-state index in [1.54, 1.807) is 55.6 Å². The zero-order valence-electron chi connectivity index (χ0n) is 13.5. The molecule has 0 aromatic heterocycles. The van der Waals surface area contributed by atoms with Crippen molar-refractivity contribution >= 4 is 28.2 Å². The number of aromatic hydroxyl groups is 1. The third kappa shape index (κ3) is 3.37. The number of amides is 1. The summed E-state index contributed by atoms with van der Waals surface area (Å²) in [5.74, 6) is 0.0942. The summed E-state index contributed by atoms with van der Waals surface area (Å²) in [7, 11) is 1.57. The number of rotatable bonds is 4. The average Bonchev–Trinajstić information content (AvgIpc) is 2.61. The maximum Gasteiger partial charge on any atom is 0.259 e. The normalized spacial score (nSPS) is 10.4. The molecule has 0 aliphatic carbocycles. The first kappa shape index (κ1) is 16.3. The molecule has 6 nitrogen and oxygen atoms in total. The summed E-state index contributed by atoms with van der Waals surface area (Å²) >= 11 is 0. The Morgan fingerprint density at radius 2 is 1.80 bits per heavy atom. The van der Waals surface area contributed by atoms with E-state index in [1.165, 1.54) is 0 Å².